The summed E-state index contributed by atoms with van der Waals surface area (Å²) in [5, 5.41) is 0.118. The highest BCUT2D eigenvalue weighted by Crippen LogP contribution is 2.41. The van der Waals surface area contributed by atoms with Crippen LogP contribution in [0.15, 0.2) is 0 Å². The molecule has 0 radical (unpaired) electrons. The van der Waals surface area contributed by atoms with E-state index in [0.29, 0.717) is 6.42 Å². The van der Waals surface area contributed by atoms with Gasteiger partial charge in [0.15, 0.2) is 5.12 Å². The second-order valence-corrected chi connectivity index (χ2v) is 10.1. The molecular weight excluding hydrogens is 372 g/mol. The molecule has 0 rings (SSSR count). The van der Waals surface area contributed by atoms with Crippen LogP contribution in [-0.2, 0) is 4.79 Å². The van der Waals surface area contributed by atoms with E-state index >= 15 is 0 Å². The standard InChI is InChI=1S/C27H54OS/c1-4-7-10-13-16-19-22-27(25-26(28)29,23-20-17-14-11-8-5-2)24-21-18-15-12-9-6-3/h4-25H2,1-3H3,(H,28,29). The Hall–Kier alpha value is 0.0200. The number of rotatable bonds is 23. The molecule has 0 aliphatic carbocycles. The summed E-state index contributed by atoms with van der Waals surface area (Å²) in [6.45, 7) is 6.85. The third-order valence-electron chi connectivity index (χ3n) is 6.71. The van der Waals surface area contributed by atoms with Crippen LogP contribution < -0.4 is 0 Å². The molecule has 29 heavy (non-hydrogen) atoms. The first-order chi connectivity index (χ1) is 14.1. The van der Waals surface area contributed by atoms with Crippen molar-refractivity contribution in [1.82, 2.24) is 0 Å². The Morgan fingerprint density at radius 3 is 1.07 bits per heavy atom. The van der Waals surface area contributed by atoms with Crippen LogP contribution in [0.2, 0.25) is 0 Å². The number of hydrogen-bond donors (Lipinski definition) is 1. The molecule has 0 aromatic rings. The van der Waals surface area contributed by atoms with Crippen molar-refractivity contribution in [2.75, 3.05) is 0 Å². The Morgan fingerprint density at radius 2 is 0.793 bits per heavy atom. The van der Waals surface area contributed by atoms with Gasteiger partial charge in [-0.05, 0) is 24.7 Å². The van der Waals surface area contributed by atoms with Gasteiger partial charge in [-0.2, -0.15) is 0 Å². The summed E-state index contributed by atoms with van der Waals surface area (Å²) >= 11 is 4.23. The summed E-state index contributed by atoms with van der Waals surface area (Å²) in [4.78, 5) is 12.0. The van der Waals surface area contributed by atoms with Gasteiger partial charge in [-0.3, -0.25) is 4.79 Å². The second kappa shape index (κ2) is 21.3. The maximum atomic E-state index is 12.0. The second-order valence-electron chi connectivity index (χ2n) is 9.62. The van der Waals surface area contributed by atoms with Crippen molar-refractivity contribution in [3.05, 3.63) is 0 Å². The van der Waals surface area contributed by atoms with Crippen molar-refractivity contribution in [3.8, 4) is 0 Å². The lowest BCUT2D eigenvalue weighted by Gasteiger charge is -2.34. The molecule has 0 aliphatic heterocycles. The fourth-order valence-corrected chi connectivity index (χ4v) is 5.14. The maximum absolute atomic E-state index is 12.0. The minimum Gasteiger partial charge on any atom is -0.287 e. The Balaban J connectivity index is 4.59. The van der Waals surface area contributed by atoms with Crippen molar-refractivity contribution in [3.63, 3.8) is 0 Å². The molecule has 0 bridgehead atoms. The first kappa shape index (κ1) is 29.0. The summed E-state index contributed by atoms with van der Waals surface area (Å²) in [5.74, 6) is 0. The molecule has 0 spiro atoms. The highest BCUT2D eigenvalue weighted by atomic mass is 32.1. The molecule has 2 heteroatoms. The van der Waals surface area contributed by atoms with Gasteiger partial charge in [0, 0.05) is 6.42 Å². The molecule has 0 aliphatic rings. The normalized spacial score (nSPS) is 11.9. The Bertz CT molecular complexity index is 312. The topological polar surface area (TPSA) is 17.1 Å². The average Bonchev–Trinajstić information content (AvgIpc) is 2.69. The van der Waals surface area contributed by atoms with Crippen molar-refractivity contribution >= 4 is 17.7 Å². The molecular formula is C27H54OS. The van der Waals surface area contributed by atoms with E-state index in [0.717, 1.165) is 0 Å². The Labute approximate surface area is 190 Å². The van der Waals surface area contributed by atoms with Gasteiger partial charge in [-0.1, -0.05) is 136 Å². The molecule has 174 valence electrons. The SMILES string of the molecule is CCCCCCCCC(CCCCCCCC)(CCCCCCCC)CC(=O)S. The lowest BCUT2D eigenvalue weighted by Crippen LogP contribution is -2.24. The smallest absolute Gasteiger partial charge is 0.186 e. The number of thiol groups is 1. The van der Waals surface area contributed by atoms with E-state index in [9.17, 15) is 4.79 Å². The van der Waals surface area contributed by atoms with Crippen LogP contribution in [0.5, 0.6) is 0 Å². The lowest BCUT2D eigenvalue weighted by atomic mass is 9.72. The maximum Gasteiger partial charge on any atom is 0.186 e. The van der Waals surface area contributed by atoms with Crippen LogP contribution >= 0.6 is 12.6 Å². The molecule has 1 nitrogen and oxygen atoms in total. The van der Waals surface area contributed by atoms with Gasteiger partial charge in [-0.15, -0.1) is 12.6 Å². The molecule has 0 N–H and O–H groups in total. The van der Waals surface area contributed by atoms with E-state index in [1.165, 1.54) is 135 Å². The van der Waals surface area contributed by atoms with E-state index in [4.69, 9.17) is 0 Å². The zero-order valence-electron chi connectivity index (χ0n) is 20.4. The first-order valence-corrected chi connectivity index (χ1v) is 13.8. The van der Waals surface area contributed by atoms with Crippen molar-refractivity contribution < 1.29 is 4.79 Å². The zero-order chi connectivity index (χ0) is 21.6. The van der Waals surface area contributed by atoms with Crippen LogP contribution in [-0.4, -0.2) is 5.12 Å². The number of unbranched alkanes of at least 4 members (excludes halogenated alkanes) is 15. The monoisotopic (exact) mass is 426 g/mol. The van der Waals surface area contributed by atoms with Crippen LogP contribution in [0.4, 0.5) is 0 Å². The molecule has 0 atom stereocenters. The molecule has 0 fully saturated rings. The predicted molar refractivity (Wildman–Crippen MR) is 135 cm³/mol. The van der Waals surface area contributed by atoms with E-state index in [1.54, 1.807) is 0 Å². The van der Waals surface area contributed by atoms with Crippen LogP contribution in [0.25, 0.3) is 0 Å². The van der Waals surface area contributed by atoms with Crippen LogP contribution in [0.1, 0.15) is 162 Å². The quantitative estimate of drug-likeness (QED) is 0.127. The van der Waals surface area contributed by atoms with Gasteiger partial charge in [0.2, 0.25) is 0 Å². The van der Waals surface area contributed by atoms with Crippen LogP contribution in [0, 0.1) is 5.41 Å². The first-order valence-electron chi connectivity index (χ1n) is 13.3. The largest absolute Gasteiger partial charge is 0.287 e. The van der Waals surface area contributed by atoms with Crippen molar-refractivity contribution in [1.29, 1.82) is 0 Å². The van der Waals surface area contributed by atoms with Gasteiger partial charge in [0.05, 0.1) is 0 Å². The number of carbonyl (C=O) groups excluding carboxylic acids is 1. The summed E-state index contributed by atoms with van der Waals surface area (Å²) in [5.41, 5.74) is 0.235. The zero-order valence-corrected chi connectivity index (χ0v) is 21.3. The van der Waals surface area contributed by atoms with E-state index in [1.807, 2.05) is 0 Å². The van der Waals surface area contributed by atoms with Crippen molar-refractivity contribution in [2.45, 2.75) is 162 Å². The summed E-state index contributed by atoms with van der Waals surface area (Å²) in [7, 11) is 0. The number of hydrogen-bond acceptors (Lipinski definition) is 1. The Morgan fingerprint density at radius 1 is 0.517 bits per heavy atom. The fraction of sp³-hybridized carbons (Fsp3) is 0.963. The summed E-state index contributed by atoms with van der Waals surface area (Å²) in [6, 6.07) is 0. The molecule has 0 aromatic heterocycles. The molecule has 0 amide bonds. The van der Waals surface area contributed by atoms with Crippen LogP contribution in [0.3, 0.4) is 0 Å². The van der Waals surface area contributed by atoms with Crippen molar-refractivity contribution in [2.24, 2.45) is 5.41 Å². The Kier molecular flexibility index (Phi) is 21.3. The van der Waals surface area contributed by atoms with Gasteiger partial charge in [-0.25, -0.2) is 0 Å². The third-order valence-corrected chi connectivity index (χ3v) is 6.87. The molecule has 0 heterocycles. The predicted octanol–water partition coefficient (Wildman–Crippen LogP) is 10.1. The molecule has 0 saturated carbocycles. The molecule has 0 unspecified atom stereocenters. The lowest BCUT2D eigenvalue weighted by molar-refractivity contribution is -0.113. The highest BCUT2D eigenvalue weighted by Gasteiger charge is 2.30. The third kappa shape index (κ3) is 18.5. The number of carbonyl (C=O) groups is 1. The minimum absolute atomic E-state index is 0.118. The van der Waals surface area contributed by atoms with Gasteiger partial charge in [0.1, 0.15) is 0 Å². The highest BCUT2D eigenvalue weighted by molar-refractivity contribution is 7.96. The fourth-order valence-electron chi connectivity index (χ4n) is 4.80. The molecule has 0 aromatic carbocycles. The average molecular weight is 427 g/mol. The van der Waals surface area contributed by atoms with E-state index in [2.05, 4.69) is 33.4 Å². The summed E-state index contributed by atoms with van der Waals surface area (Å²) < 4.78 is 0. The minimum atomic E-state index is 0.118. The van der Waals surface area contributed by atoms with Gasteiger partial charge >= 0.3 is 0 Å². The van der Waals surface area contributed by atoms with E-state index < -0.39 is 0 Å². The summed E-state index contributed by atoms with van der Waals surface area (Å²) in [6.07, 6.45) is 28.7. The van der Waals surface area contributed by atoms with E-state index in [-0.39, 0.29) is 10.5 Å². The van der Waals surface area contributed by atoms with Gasteiger partial charge < -0.3 is 0 Å². The molecule has 0 saturated heterocycles. The van der Waals surface area contributed by atoms with Gasteiger partial charge in [0.25, 0.3) is 0 Å².